The topological polar surface area (TPSA) is 3.24 Å². The van der Waals surface area contributed by atoms with Crippen molar-refractivity contribution in [2.45, 2.75) is 33.1 Å². The van der Waals surface area contributed by atoms with Gasteiger partial charge in [-0.15, -0.1) is 0 Å². The molecule has 0 saturated heterocycles. The quantitative estimate of drug-likeness (QED) is 0.446. The van der Waals surface area contributed by atoms with Gasteiger partial charge < -0.3 is 0 Å². The molecule has 1 aliphatic rings. The molecule has 0 aromatic heterocycles. The van der Waals surface area contributed by atoms with E-state index in [0.717, 1.165) is 0 Å². The van der Waals surface area contributed by atoms with Gasteiger partial charge in [0.25, 0.3) is 0 Å². The van der Waals surface area contributed by atoms with Gasteiger partial charge in [-0.05, 0) is 37.1 Å². The lowest BCUT2D eigenvalue weighted by atomic mass is 9.73. The first-order chi connectivity index (χ1) is 8.91. The zero-order valence-electron chi connectivity index (χ0n) is 11.8. The van der Waals surface area contributed by atoms with Crippen LogP contribution in [0.1, 0.15) is 36.1 Å². The van der Waals surface area contributed by atoms with Gasteiger partial charge in [0.15, 0.2) is 0 Å². The third-order valence-electron chi connectivity index (χ3n) is 4.07. The fourth-order valence-corrected chi connectivity index (χ4v) is 3.76. The second-order valence-corrected chi connectivity index (χ2v) is 6.91. The van der Waals surface area contributed by atoms with Crippen molar-refractivity contribution in [3.63, 3.8) is 0 Å². The first kappa shape index (κ1) is 13.0. The van der Waals surface area contributed by atoms with Gasteiger partial charge in [-0.3, -0.25) is 3.11 Å². The maximum absolute atomic E-state index is 2.41. The standard InChI is InChI=1S/C17H18IN/c1-11-5-7-15-13(9-11)17(3,4)14-10-12(2)6-8-16(14)19(15)18/h5-10H,1-4H3. The summed E-state index contributed by atoms with van der Waals surface area (Å²) in [5, 5.41) is 0. The molecule has 2 heteroatoms. The van der Waals surface area contributed by atoms with E-state index in [2.05, 4.69) is 90.1 Å². The lowest BCUT2D eigenvalue weighted by molar-refractivity contribution is 0.634. The van der Waals surface area contributed by atoms with Crippen LogP contribution in [0.15, 0.2) is 36.4 Å². The number of aryl methyl sites for hydroxylation is 2. The SMILES string of the molecule is Cc1ccc2c(c1)C(C)(C)c1cc(C)ccc1N2I. The second kappa shape index (κ2) is 4.23. The van der Waals surface area contributed by atoms with Crippen LogP contribution >= 0.6 is 22.9 Å². The van der Waals surface area contributed by atoms with Gasteiger partial charge in [0, 0.05) is 5.41 Å². The number of anilines is 2. The van der Waals surface area contributed by atoms with E-state index in [1.165, 1.54) is 33.6 Å². The first-order valence-corrected chi connectivity index (χ1v) is 7.56. The van der Waals surface area contributed by atoms with Crippen LogP contribution in [-0.4, -0.2) is 0 Å². The molecule has 19 heavy (non-hydrogen) atoms. The van der Waals surface area contributed by atoms with Gasteiger partial charge in [0.1, 0.15) is 0 Å². The Morgan fingerprint density at radius 1 is 0.842 bits per heavy atom. The molecule has 0 amide bonds. The van der Waals surface area contributed by atoms with Gasteiger partial charge >= 0.3 is 0 Å². The molecule has 0 bridgehead atoms. The minimum Gasteiger partial charge on any atom is -0.282 e. The van der Waals surface area contributed by atoms with Crippen molar-refractivity contribution in [1.29, 1.82) is 0 Å². The van der Waals surface area contributed by atoms with Crippen LogP contribution in [0.3, 0.4) is 0 Å². The summed E-state index contributed by atoms with van der Waals surface area (Å²) in [5.41, 5.74) is 8.17. The zero-order chi connectivity index (χ0) is 13.8. The van der Waals surface area contributed by atoms with Crippen molar-refractivity contribution in [1.82, 2.24) is 0 Å². The van der Waals surface area contributed by atoms with Gasteiger partial charge in [-0.25, -0.2) is 0 Å². The van der Waals surface area contributed by atoms with Crippen LogP contribution in [0.2, 0.25) is 0 Å². The van der Waals surface area contributed by atoms with Gasteiger partial charge in [-0.1, -0.05) is 49.2 Å². The Morgan fingerprint density at radius 2 is 1.26 bits per heavy atom. The van der Waals surface area contributed by atoms with Crippen LogP contribution in [-0.2, 0) is 5.41 Å². The summed E-state index contributed by atoms with van der Waals surface area (Å²) >= 11 is 2.41. The largest absolute Gasteiger partial charge is 0.282 e. The number of benzene rings is 2. The highest BCUT2D eigenvalue weighted by atomic mass is 127. The molecule has 98 valence electrons. The molecule has 2 aromatic rings. The van der Waals surface area contributed by atoms with Crippen molar-refractivity contribution in [3.8, 4) is 0 Å². The molecule has 0 spiro atoms. The number of fused-ring (bicyclic) bond motifs is 2. The second-order valence-electron chi connectivity index (χ2n) is 5.95. The molecule has 2 aromatic carbocycles. The van der Waals surface area contributed by atoms with E-state index in [9.17, 15) is 0 Å². The summed E-state index contributed by atoms with van der Waals surface area (Å²) in [4.78, 5) is 0. The van der Waals surface area contributed by atoms with E-state index in [4.69, 9.17) is 0 Å². The third-order valence-corrected chi connectivity index (χ3v) is 5.11. The molecule has 0 atom stereocenters. The molecule has 0 aliphatic carbocycles. The molecule has 0 unspecified atom stereocenters. The van der Waals surface area contributed by atoms with Crippen LogP contribution < -0.4 is 3.11 Å². The van der Waals surface area contributed by atoms with Crippen molar-refractivity contribution in [2.75, 3.05) is 3.11 Å². The Kier molecular flexibility index (Phi) is 2.89. The number of halogens is 1. The molecule has 1 heterocycles. The van der Waals surface area contributed by atoms with Crippen molar-refractivity contribution in [2.24, 2.45) is 0 Å². The summed E-state index contributed by atoms with van der Waals surface area (Å²) in [6.07, 6.45) is 0. The molecule has 0 fully saturated rings. The molecule has 1 aliphatic heterocycles. The first-order valence-electron chi connectivity index (χ1n) is 6.59. The van der Waals surface area contributed by atoms with Crippen LogP contribution in [0.4, 0.5) is 11.4 Å². The molecular weight excluding hydrogens is 345 g/mol. The minimum absolute atomic E-state index is 0.0599. The lowest BCUT2D eigenvalue weighted by Crippen LogP contribution is -2.28. The number of nitrogens with zero attached hydrogens (tertiary/aromatic N) is 1. The van der Waals surface area contributed by atoms with Crippen LogP contribution in [0, 0.1) is 13.8 Å². The molecule has 0 saturated carbocycles. The molecule has 0 radical (unpaired) electrons. The van der Waals surface area contributed by atoms with E-state index in [1.54, 1.807) is 0 Å². The normalized spacial score (nSPS) is 15.9. The summed E-state index contributed by atoms with van der Waals surface area (Å²) in [5.74, 6) is 0. The Balaban J connectivity index is 2.33. The molecular formula is C17H18IN. The van der Waals surface area contributed by atoms with E-state index >= 15 is 0 Å². The molecule has 3 rings (SSSR count). The maximum Gasteiger partial charge on any atom is 0.0646 e. The van der Waals surface area contributed by atoms with Crippen molar-refractivity contribution >= 4 is 34.2 Å². The van der Waals surface area contributed by atoms with E-state index in [0.29, 0.717) is 0 Å². The Bertz CT molecular complexity index is 603. The van der Waals surface area contributed by atoms with E-state index in [-0.39, 0.29) is 5.41 Å². The van der Waals surface area contributed by atoms with Gasteiger partial charge in [0.05, 0.1) is 34.2 Å². The monoisotopic (exact) mass is 363 g/mol. The maximum atomic E-state index is 2.41. The third kappa shape index (κ3) is 1.88. The Morgan fingerprint density at radius 3 is 1.68 bits per heavy atom. The van der Waals surface area contributed by atoms with Crippen molar-refractivity contribution in [3.05, 3.63) is 58.7 Å². The summed E-state index contributed by atoms with van der Waals surface area (Å²) < 4.78 is 2.28. The highest BCUT2D eigenvalue weighted by Gasteiger charge is 2.35. The highest BCUT2D eigenvalue weighted by Crippen LogP contribution is 2.50. The smallest absolute Gasteiger partial charge is 0.0646 e. The van der Waals surface area contributed by atoms with Crippen LogP contribution in [0.5, 0.6) is 0 Å². The highest BCUT2D eigenvalue weighted by molar-refractivity contribution is 14.1. The number of hydrogen-bond donors (Lipinski definition) is 0. The van der Waals surface area contributed by atoms with Crippen LogP contribution in [0.25, 0.3) is 0 Å². The summed E-state index contributed by atoms with van der Waals surface area (Å²) in [6.45, 7) is 8.99. The summed E-state index contributed by atoms with van der Waals surface area (Å²) in [7, 11) is 0. The Hall–Kier alpha value is -1.03. The average molecular weight is 363 g/mol. The van der Waals surface area contributed by atoms with Crippen molar-refractivity contribution < 1.29 is 0 Å². The number of rotatable bonds is 0. The zero-order valence-corrected chi connectivity index (χ0v) is 13.9. The fourth-order valence-electron chi connectivity index (χ4n) is 2.92. The predicted octanol–water partition coefficient (Wildman–Crippen LogP) is 5.43. The minimum atomic E-state index is 0.0599. The van der Waals surface area contributed by atoms with E-state index < -0.39 is 0 Å². The Labute approximate surface area is 129 Å². The predicted molar refractivity (Wildman–Crippen MR) is 90.6 cm³/mol. The number of hydrogen-bond acceptors (Lipinski definition) is 1. The molecule has 1 nitrogen and oxygen atoms in total. The average Bonchev–Trinajstić information content (AvgIpc) is 2.36. The van der Waals surface area contributed by atoms with Gasteiger partial charge in [0.2, 0.25) is 0 Å². The lowest BCUT2D eigenvalue weighted by Gasteiger charge is -2.39. The fraction of sp³-hybridized carbons (Fsp3) is 0.294. The van der Waals surface area contributed by atoms with Gasteiger partial charge in [-0.2, -0.15) is 0 Å². The summed E-state index contributed by atoms with van der Waals surface area (Å²) in [6, 6.07) is 13.5. The molecule has 0 N–H and O–H groups in total. The van der Waals surface area contributed by atoms with E-state index in [1.807, 2.05) is 0 Å².